The molecule has 0 fully saturated rings. The number of halogens is 2. The zero-order valence-corrected chi connectivity index (χ0v) is 10.8. The Kier molecular flexibility index (Phi) is 6.13. The summed E-state index contributed by atoms with van der Waals surface area (Å²) in [6, 6.07) is 0.0501. The SMILES string of the molecule is CCOc1nc(NC)nc(N(CCO)CC(F)F)n1. The third kappa shape index (κ3) is 4.78. The third-order valence-corrected chi connectivity index (χ3v) is 2.11. The monoisotopic (exact) mass is 277 g/mol. The van der Waals surface area contributed by atoms with Gasteiger partial charge in [-0.25, -0.2) is 8.78 Å². The highest BCUT2D eigenvalue weighted by Crippen LogP contribution is 2.15. The minimum Gasteiger partial charge on any atom is -0.464 e. The van der Waals surface area contributed by atoms with Gasteiger partial charge in [-0.1, -0.05) is 0 Å². The molecule has 7 nitrogen and oxygen atoms in total. The van der Waals surface area contributed by atoms with Crippen LogP contribution < -0.4 is 15.0 Å². The minimum absolute atomic E-state index is 0.00305. The van der Waals surface area contributed by atoms with Crippen LogP contribution in [0.1, 0.15) is 6.92 Å². The predicted molar refractivity (Wildman–Crippen MR) is 65.8 cm³/mol. The van der Waals surface area contributed by atoms with Crippen LogP contribution >= 0.6 is 0 Å². The maximum absolute atomic E-state index is 12.5. The number of alkyl halides is 2. The van der Waals surface area contributed by atoms with Crippen molar-refractivity contribution >= 4 is 11.9 Å². The van der Waals surface area contributed by atoms with E-state index in [9.17, 15) is 8.78 Å². The molecule has 1 rings (SSSR count). The minimum atomic E-state index is -2.56. The van der Waals surface area contributed by atoms with E-state index in [-0.39, 0.29) is 31.1 Å². The van der Waals surface area contributed by atoms with E-state index in [1.54, 1.807) is 14.0 Å². The number of rotatable bonds is 8. The van der Waals surface area contributed by atoms with Gasteiger partial charge in [-0.15, -0.1) is 0 Å². The van der Waals surface area contributed by atoms with E-state index >= 15 is 0 Å². The molecule has 0 saturated heterocycles. The highest BCUT2D eigenvalue weighted by atomic mass is 19.3. The number of hydrogen-bond acceptors (Lipinski definition) is 7. The summed E-state index contributed by atoms with van der Waals surface area (Å²) < 4.78 is 30.1. The maximum atomic E-state index is 12.5. The van der Waals surface area contributed by atoms with Crippen LogP contribution in [0.15, 0.2) is 0 Å². The van der Waals surface area contributed by atoms with Crippen LogP contribution in [-0.4, -0.2) is 59.8 Å². The molecule has 1 aromatic rings. The molecular formula is C10H17F2N5O2. The smallest absolute Gasteiger partial charge is 0.323 e. The number of nitrogens with one attached hydrogen (secondary N) is 1. The fourth-order valence-electron chi connectivity index (χ4n) is 1.35. The second-order valence-corrected chi connectivity index (χ2v) is 3.49. The van der Waals surface area contributed by atoms with Crippen molar-refractivity contribution in [1.29, 1.82) is 0 Å². The summed E-state index contributed by atoms with van der Waals surface area (Å²) in [7, 11) is 1.60. The van der Waals surface area contributed by atoms with Gasteiger partial charge in [-0.2, -0.15) is 15.0 Å². The average molecular weight is 277 g/mol. The van der Waals surface area contributed by atoms with Crippen LogP contribution in [0, 0.1) is 0 Å². The van der Waals surface area contributed by atoms with E-state index in [1.807, 2.05) is 0 Å². The highest BCUT2D eigenvalue weighted by molar-refractivity contribution is 5.38. The van der Waals surface area contributed by atoms with E-state index in [1.165, 1.54) is 4.90 Å². The molecule has 0 aliphatic rings. The molecule has 1 heterocycles. The summed E-state index contributed by atoms with van der Waals surface area (Å²) >= 11 is 0. The Hall–Kier alpha value is -1.77. The number of nitrogens with zero attached hydrogens (tertiary/aromatic N) is 4. The van der Waals surface area contributed by atoms with E-state index in [0.29, 0.717) is 6.61 Å². The van der Waals surface area contributed by atoms with E-state index in [4.69, 9.17) is 9.84 Å². The summed E-state index contributed by atoms with van der Waals surface area (Å²) in [5, 5.41) is 11.6. The lowest BCUT2D eigenvalue weighted by Gasteiger charge is -2.21. The Labute approximate surface area is 109 Å². The standard InChI is InChI=1S/C10H17F2N5O2/c1-3-19-10-15-8(13-2)14-9(16-10)17(4-5-18)6-7(11)12/h7,18H,3-6H2,1-2H3,(H,13,14,15,16). The molecule has 0 amide bonds. The van der Waals surface area contributed by atoms with Crippen molar-refractivity contribution in [3.63, 3.8) is 0 Å². The summed E-state index contributed by atoms with van der Waals surface area (Å²) in [6.07, 6.45) is -2.56. The van der Waals surface area contributed by atoms with Crippen LogP contribution in [0.2, 0.25) is 0 Å². The van der Waals surface area contributed by atoms with Crippen molar-refractivity contribution in [2.75, 3.05) is 43.6 Å². The van der Waals surface area contributed by atoms with E-state index < -0.39 is 13.0 Å². The fourth-order valence-corrected chi connectivity index (χ4v) is 1.35. The van der Waals surface area contributed by atoms with Gasteiger partial charge in [0.25, 0.3) is 6.43 Å². The molecule has 0 spiro atoms. The van der Waals surface area contributed by atoms with Crippen molar-refractivity contribution in [3.05, 3.63) is 0 Å². The Morgan fingerprint density at radius 2 is 2.11 bits per heavy atom. The van der Waals surface area contributed by atoms with Gasteiger partial charge in [0.15, 0.2) is 0 Å². The highest BCUT2D eigenvalue weighted by Gasteiger charge is 2.17. The fraction of sp³-hybridized carbons (Fsp3) is 0.700. The van der Waals surface area contributed by atoms with Crippen LogP contribution in [0.4, 0.5) is 20.7 Å². The normalized spacial score (nSPS) is 10.6. The summed E-state index contributed by atoms with van der Waals surface area (Å²) in [4.78, 5) is 13.0. The molecule has 0 bridgehead atoms. The van der Waals surface area contributed by atoms with Gasteiger partial charge in [-0.05, 0) is 6.92 Å². The van der Waals surface area contributed by atoms with Gasteiger partial charge in [0.05, 0.1) is 19.8 Å². The largest absolute Gasteiger partial charge is 0.464 e. The van der Waals surface area contributed by atoms with Crippen molar-refractivity contribution in [2.45, 2.75) is 13.3 Å². The number of hydrogen-bond donors (Lipinski definition) is 2. The second-order valence-electron chi connectivity index (χ2n) is 3.49. The molecule has 0 radical (unpaired) electrons. The summed E-state index contributed by atoms with van der Waals surface area (Å²) in [6.45, 7) is 1.26. The first-order valence-electron chi connectivity index (χ1n) is 5.81. The van der Waals surface area contributed by atoms with Crippen molar-refractivity contribution < 1.29 is 18.6 Å². The number of aromatic nitrogens is 3. The Balaban J connectivity index is 3.02. The molecule has 2 N–H and O–H groups in total. The van der Waals surface area contributed by atoms with Gasteiger partial charge < -0.3 is 20.1 Å². The average Bonchev–Trinajstić information content (AvgIpc) is 2.37. The molecule has 108 valence electrons. The van der Waals surface area contributed by atoms with Gasteiger partial charge >= 0.3 is 6.01 Å². The predicted octanol–water partition coefficient (Wildman–Crippen LogP) is 0.376. The van der Waals surface area contributed by atoms with Gasteiger partial charge in [0.2, 0.25) is 11.9 Å². The van der Waals surface area contributed by atoms with Crippen LogP contribution in [0.5, 0.6) is 6.01 Å². The molecular weight excluding hydrogens is 260 g/mol. The van der Waals surface area contributed by atoms with Gasteiger partial charge in [0, 0.05) is 13.6 Å². The zero-order chi connectivity index (χ0) is 14.3. The van der Waals surface area contributed by atoms with Gasteiger partial charge in [-0.3, -0.25) is 0 Å². The number of aliphatic hydroxyl groups is 1. The quantitative estimate of drug-likeness (QED) is 0.710. The van der Waals surface area contributed by atoms with E-state index in [0.717, 1.165) is 0 Å². The Morgan fingerprint density at radius 1 is 1.37 bits per heavy atom. The van der Waals surface area contributed by atoms with Crippen LogP contribution in [-0.2, 0) is 0 Å². The second kappa shape index (κ2) is 7.62. The molecule has 0 aliphatic carbocycles. The van der Waals surface area contributed by atoms with Crippen molar-refractivity contribution in [1.82, 2.24) is 15.0 Å². The Morgan fingerprint density at radius 3 is 2.63 bits per heavy atom. The van der Waals surface area contributed by atoms with Crippen LogP contribution in [0.25, 0.3) is 0 Å². The van der Waals surface area contributed by atoms with E-state index in [2.05, 4.69) is 20.3 Å². The molecule has 0 aromatic carbocycles. The van der Waals surface area contributed by atoms with Crippen LogP contribution in [0.3, 0.4) is 0 Å². The molecule has 0 aliphatic heterocycles. The van der Waals surface area contributed by atoms with Gasteiger partial charge in [0.1, 0.15) is 0 Å². The van der Waals surface area contributed by atoms with Crippen molar-refractivity contribution in [3.8, 4) is 6.01 Å². The lowest BCUT2D eigenvalue weighted by Crippen LogP contribution is -2.33. The lowest BCUT2D eigenvalue weighted by atomic mass is 10.5. The molecule has 0 unspecified atom stereocenters. The zero-order valence-electron chi connectivity index (χ0n) is 10.8. The number of ether oxygens (including phenoxy) is 1. The topological polar surface area (TPSA) is 83.4 Å². The summed E-state index contributed by atoms with van der Waals surface area (Å²) in [5.41, 5.74) is 0. The molecule has 0 atom stereocenters. The molecule has 9 heteroatoms. The molecule has 19 heavy (non-hydrogen) atoms. The first kappa shape index (κ1) is 15.3. The first-order valence-corrected chi connectivity index (χ1v) is 5.81. The first-order chi connectivity index (χ1) is 9.10. The lowest BCUT2D eigenvalue weighted by molar-refractivity contribution is 0.152. The summed E-state index contributed by atoms with van der Waals surface area (Å²) in [5.74, 6) is 0.253. The number of aliphatic hydroxyl groups excluding tert-OH is 1. The molecule has 1 aromatic heterocycles. The molecule has 0 saturated carbocycles. The maximum Gasteiger partial charge on any atom is 0.323 e. The third-order valence-electron chi connectivity index (χ3n) is 2.11. The Bertz CT molecular complexity index is 394. The number of anilines is 2. The van der Waals surface area contributed by atoms with Crippen molar-refractivity contribution in [2.24, 2.45) is 0 Å².